The van der Waals surface area contributed by atoms with E-state index >= 15 is 0 Å². The highest BCUT2D eigenvalue weighted by molar-refractivity contribution is 5.80. The van der Waals surface area contributed by atoms with Gasteiger partial charge in [0, 0.05) is 0 Å². The van der Waals surface area contributed by atoms with Crippen molar-refractivity contribution in [1.29, 1.82) is 0 Å². The fraction of sp³-hybridized carbons (Fsp3) is 0.922. The SMILES string of the molecule is CCCCCCCCCCCCCCC/C=C\C/C=C\CCCCCCCCCCCCCCCCCCC(O)C(=O)NC(CO)C(O)C(O)CCCCCCCCCCCCCCCCCCCC. The second-order valence-electron chi connectivity index (χ2n) is 22.1. The van der Waals surface area contributed by atoms with E-state index < -0.39 is 36.9 Å². The van der Waals surface area contributed by atoms with Gasteiger partial charge in [0.25, 0.3) is 0 Å². The van der Waals surface area contributed by atoms with Crippen molar-refractivity contribution in [3.63, 3.8) is 0 Å². The highest BCUT2D eigenvalue weighted by atomic mass is 16.3. The molecule has 0 rings (SSSR count). The molecule has 4 atom stereocenters. The number of carbonyl (C=O) groups is 1. The minimum atomic E-state index is -1.26. The number of aliphatic hydroxyl groups excluding tert-OH is 4. The van der Waals surface area contributed by atoms with Gasteiger partial charge in [0.2, 0.25) is 5.91 Å². The second kappa shape index (κ2) is 58.7. The molecule has 5 N–H and O–H groups in total. The van der Waals surface area contributed by atoms with Gasteiger partial charge in [-0.05, 0) is 44.9 Å². The molecule has 416 valence electrons. The zero-order valence-electron chi connectivity index (χ0n) is 47.3. The molecule has 70 heavy (non-hydrogen) atoms. The molecular formula is C64H125NO5. The topological polar surface area (TPSA) is 110 Å². The van der Waals surface area contributed by atoms with E-state index in [2.05, 4.69) is 43.5 Å². The van der Waals surface area contributed by atoms with E-state index in [1.807, 2.05) is 0 Å². The largest absolute Gasteiger partial charge is 0.394 e. The van der Waals surface area contributed by atoms with Crippen LogP contribution in [0, 0.1) is 0 Å². The van der Waals surface area contributed by atoms with Gasteiger partial charge in [0.1, 0.15) is 12.2 Å². The molecule has 0 spiro atoms. The van der Waals surface area contributed by atoms with Crippen molar-refractivity contribution in [3.05, 3.63) is 24.3 Å². The van der Waals surface area contributed by atoms with Crippen molar-refractivity contribution in [3.8, 4) is 0 Å². The first-order chi connectivity index (χ1) is 34.5. The number of nitrogens with one attached hydrogen (secondary N) is 1. The Balaban J connectivity index is 3.54. The Morgan fingerprint density at radius 2 is 0.614 bits per heavy atom. The molecule has 0 aromatic rings. The first kappa shape index (κ1) is 68.8. The Kier molecular flexibility index (Phi) is 57.7. The molecule has 0 heterocycles. The molecule has 0 aromatic heterocycles. The lowest BCUT2D eigenvalue weighted by Gasteiger charge is -2.27. The lowest BCUT2D eigenvalue weighted by molar-refractivity contribution is -0.132. The van der Waals surface area contributed by atoms with Crippen LogP contribution < -0.4 is 5.32 Å². The van der Waals surface area contributed by atoms with Crippen LogP contribution >= 0.6 is 0 Å². The molecule has 0 radical (unpaired) electrons. The third kappa shape index (κ3) is 51.7. The lowest BCUT2D eigenvalue weighted by atomic mass is 9.99. The van der Waals surface area contributed by atoms with E-state index in [9.17, 15) is 25.2 Å². The molecule has 4 unspecified atom stereocenters. The highest BCUT2D eigenvalue weighted by Gasteiger charge is 2.28. The summed E-state index contributed by atoms with van der Waals surface area (Å²) in [6.45, 7) is 4.10. The maximum atomic E-state index is 12.6. The van der Waals surface area contributed by atoms with Crippen molar-refractivity contribution in [2.45, 2.75) is 372 Å². The maximum Gasteiger partial charge on any atom is 0.249 e. The number of rotatable bonds is 59. The standard InChI is InChI=1S/C64H125NO5/c1-3-5-7-9-11-13-15-17-19-21-23-24-25-26-27-28-29-30-31-32-33-34-35-36-37-38-39-40-42-44-46-48-50-52-54-56-58-62(68)64(70)65-60(59-66)63(69)61(67)57-55-53-51-49-47-45-43-41-22-20-18-16-14-12-10-8-6-4-2/h27-28,30-31,60-63,66-69H,3-26,29,32-59H2,1-2H3,(H,65,70)/b28-27-,31-30-. The molecule has 0 aliphatic heterocycles. The molecule has 6 nitrogen and oxygen atoms in total. The lowest BCUT2D eigenvalue weighted by Crippen LogP contribution is -2.53. The predicted octanol–water partition coefficient (Wildman–Crippen LogP) is 19.0. The molecule has 0 bridgehead atoms. The molecule has 0 fully saturated rings. The van der Waals surface area contributed by atoms with Crippen LogP contribution in [-0.4, -0.2) is 57.3 Å². The zero-order chi connectivity index (χ0) is 50.9. The van der Waals surface area contributed by atoms with Crippen molar-refractivity contribution in [1.82, 2.24) is 5.32 Å². The number of carbonyl (C=O) groups excluding carboxylic acids is 1. The van der Waals surface area contributed by atoms with Gasteiger partial charge in [-0.15, -0.1) is 0 Å². The molecule has 1 amide bonds. The van der Waals surface area contributed by atoms with Crippen LogP contribution in [0.5, 0.6) is 0 Å². The minimum absolute atomic E-state index is 0.372. The summed E-state index contributed by atoms with van der Waals surface area (Å²) in [5, 5.41) is 44.1. The summed E-state index contributed by atoms with van der Waals surface area (Å²) in [7, 11) is 0. The quantitative estimate of drug-likeness (QED) is 0.0308. The average molecular weight is 989 g/mol. The Labute approximate surface area is 437 Å². The van der Waals surface area contributed by atoms with Crippen molar-refractivity contribution < 1.29 is 25.2 Å². The normalized spacial score (nSPS) is 13.7. The molecule has 0 aromatic carbocycles. The van der Waals surface area contributed by atoms with E-state index in [4.69, 9.17) is 0 Å². The van der Waals surface area contributed by atoms with E-state index in [-0.39, 0.29) is 0 Å². The Hall–Kier alpha value is -1.21. The fourth-order valence-electron chi connectivity index (χ4n) is 10.2. The fourth-order valence-corrected chi connectivity index (χ4v) is 10.2. The van der Waals surface area contributed by atoms with Gasteiger partial charge in [0.15, 0.2) is 0 Å². The summed E-state index contributed by atoms with van der Waals surface area (Å²) in [5.41, 5.74) is 0. The monoisotopic (exact) mass is 988 g/mol. The molecule has 0 saturated heterocycles. The average Bonchev–Trinajstić information content (AvgIpc) is 3.36. The molecular weight excluding hydrogens is 863 g/mol. The number of aliphatic hydroxyl groups is 4. The van der Waals surface area contributed by atoms with Crippen LogP contribution in [0.4, 0.5) is 0 Å². The van der Waals surface area contributed by atoms with Gasteiger partial charge in [0.05, 0.1) is 18.8 Å². The third-order valence-corrected chi connectivity index (χ3v) is 15.2. The van der Waals surface area contributed by atoms with Crippen LogP contribution in [0.3, 0.4) is 0 Å². The Bertz CT molecular complexity index is 1060. The Morgan fingerprint density at radius 3 is 0.900 bits per heavy atom. The Morgan fingerprint density at radius 1 is 0.357 bits per heavy atom. The molecule has 6 heteroatoms. The molecule has 0 aliphatic rings. The van der Waals surface area contributed by atoms with Crippen molar-refractivity contribution >= 4 is 5.91 Å². The van der Waals surface area contributed by atoms with Crippen molar-refractivity contribution in [2.24, 2.45) is 0 Å². The van der Waals surface area contributed by atoms with Crippen LogP contribution in [0.25, 0.3) is 0 Å². The number of hydrogen-bond donors (Lipinski definition) is 5. The smallest absolute Gasteiger partial charge is 0.249 e. The molecule has 0 saturated carbocycles. The molecule has 0 aliphatic carbocycles. The number of amides is 1. The second-order valence-corrected chi connectivity index (χ2v) is 22.1. The number of allylic oxidation sites excluding steroid dienone is 4. The van der Waals surface area contributed by atoms with Crippen LogP contribution in [0.15, 0.2) is 24.3 Å². The van der Waals surface area contributed by atoms with Gasteiger partial charge < -0.3 is 25.7 Å². The van der Waals surface area contributed by atoms with E-state index in [1.54, 1.807) is 0 Å². The summed E-state index contributed by atoms with van der Waals surface area (Å²) in [6, 6.07) is -0.984. The van der Waals surface area contributed by atoms with Crippen molar-refractivity contribution in [2.75, 3.05) is 6.61 Å². The van der Waals surface area contributed by atoms with Crippen LogP contribution in [0.1, 0.15) is 348 Å². The third-order valence-electron chi connectivity index (χ3n) is 15.2. The summed E-state index contributed by atoms with van der Waals surface area (Å²) in [6.07, 6.45) is 72.8. The summed E-state index contributed by atoms with van der Waals surface area (Å²) in [4.78, 5) is 12.6. The van der Waals surface area contributed by atoms with Gasteiger partial charge in [-0.25, -0.2) is 0 Å². The highest BCUT2D eigenvalue weighted by Crippen LogP contribution is 2.19. The predicted molar refractivity (Wildman–Crippen MR) is 307 cm³/mol. The number of unbranched alkanes of at least 4 members (excludes halogenated alkanes) is 46. The summed E-state index contributed by atoms with van der Waals surface area (Å²) >= 11 is 0. The van der Waals surface area contributed by atoms with Crippen LogP contribution in [0.2, 0.25) is 0 Å². The van der Waals surface area contributed by atoms with E-state index in [1.165, 1.54) is 276 Å². The summed E-state index contributed by atoms with van der Waals surface area (Å²) in [5.74, 6) is -0.578. The first-order valence-corrected chi connectivity index (χ1v) is 31.7. The maximum absolute atomic E-state index is 12.6. The summed E-state index contributed by atoms with van der Waals surface area (Å²) < 4.78 is 0. The first-order valence-electron chi connectivity index (χ1n) is 31.7. The number of hydrogen-bond acceptors (Lipinski definition) is 5. The van der Waals surface area contributed by atoms with E-state index in [0.717, 1.165) is 44.9 Å². The van der Waals surface area contributed by atoms with Gasteiger partial charge in [-0.3, -0.25) is 4.79 Å². The van der Waals surface area contributed by atoms with Crippen LogP contribution in [-0.2, 0) is 4.79 Å². The van der Waals surface area contributed by atoms with Gasteiger partial charge >= 0.3 is 0 Å². The minimum Gasteiger partial charge on any atom is -0.394 e. The zero-order valence-corrected chi connectivity index (χ0v) is 47.3. The van der Waals surface area contributed by atoms with E-state index in [0.29, 0.717) is 12.8 Å². The van der Waals surface area contributed by atoms with Gasteiger partial charge in [-0.1, -0.05) is 327 Å². The van der Waals surface area contributed by atoms with Gasteiger partial charge in [-0.2, -0.15) is 0 Å².